The lowest BCUT2D eigenvalue weighted by molar-refractivity contribution is 0.346. The van der Waals surface area contributed by atoms with E-state index in [0.717, 1.165) is 36.8 Å². The lowest BCUT2D eigenvalue weighted by atomic mass is 10.0. The molecule has 1 saturated heterocycles. The molecule has 3 rings (SSSR count). The fourth-order valence-electron chi connectivity index (χ4n) is 1.78. The average molecular weight is 231 g/mol. The van der Waals surface area contributed by atoms with Crippen molar-refractivity contribution in [3.63, 3.8) is 0 Å². The Labute approximate surface area is 98.6 Å². The van der Waals surface area contributed by atoms with Crippen molar-refractivity contribution in [3.05, 3.63) is 34.8 Å². The van der Waals surface area contributed by atoms with Crippen LogP contribution in [0.25, 0.3) is 11.4 Å². The second-order valence-electron chi connectivity index (χ2n) is 4.07. The summed E-state index contributed by atoms with van der Waals surface area (Å²) in [6.45, 7) is 2.27. The summed E-state index contributed by atoms with van der Waals surface area (Å²) < 4.78 is 0. The van der Waals surface area contributed by atoms with Crippen molar-refractivity contribution in [1.82, 2.24) is 15.3 Å². The summed E-state index contributed by atoms with van der Waals surface area (Å²) in [6.07, 6.45) is 2.91. The first-order valence-corrected chi connectivity index (χ1v) is 6.36. The minimum atomic E-state index is 0.780. The number of pyridine rings is 1. The normalized spacial score (nSPS) is 16.0. The van der Waals surface area contributed by atoms with E-state index >= 15 is 0 Å². The number of aromatic nitrogens is 2. The Morgan fingerprint density at radius 1 is 1.31 bits per heavy atom. The van der Waals surface area contributed by atoms with Crippen LogP contribution in [0.3, 0.4) is 0 Å². The van der Waals surface area contributed by atoms with Gasteiger partial charge in [0.1, 0.15) is 0 Å². The van der Waals surface area contributed by atoms with Gasteiger partial charge < -0.3 is 5.32 Å². The first kappa shape index (κ1) is 9.93. The van der Waals surface area contributed by atoms with Gasteiger partial charge in [-0.2, -0.15) is 0 Å². The molecule has 0 aromatic carbocycles. The molecule has 0 amide bonds. The zero-order valence-corrected chi connectivity index (χ0v) is 9.70. The van der Waals surface area contributed by atoms with Crippen LogP contribution in [0.4, 0.5) is 0 Å². The second-order valence-corrected chi connectivity index (χ2v) is 5.01. The zero-order valence-electron chi connectivity index (χ0n) is 8.89. The third-order valence-corrected chi connectivity index (χ3v) is 3.68. The summed E-state index contributed by atoms with van der Waals surface area (Å²) >= 11 is 1.74. The van der Waals surface area contributed by atoms with Gasteiger partial charge in [-0.15, -0.1) is 11.3 Å². The molecular formula is C12H13N3S. The van der Waals surface area contributed by atoms with Crippen molar-refractivity contribution >= 4 is 11.3 Å². The molecule has 1 N–H and O–H groups in total. The van der Waals surface area contributed by atoms with Crippen molar-refractivity contribution in [2.24, 2.45) is 5.92 Å². The van der Waals surface area contributed by atoms with Crippen molar-refractivity contribution in [1.29, 1.82) is 0 Å². The first-order valence-electron chi connectivity index (χ1n) is 5.48. The Hall–Kier alpha value is -1.26. The molecule has 0 atom stereocenters. The predicted molar refractivity (Wildman–Crippen MR) is 65.4 cm³/mol. The van der Waals surface area contributed by atoms with Crippen LogP contribution in [-0.2, 0) is 6.42 Å². The highest BCUT2D eigenvalue weighted by Crippen LogP contribution is 2.22. The second kappa shape index (κ2) is 4.31. The maximum atomic E-state index is 4.63. The molecule has 0 radical (unpaired) electrons. The Kier molecular flexibility index (Phi) is 2.68. The molecule has 4 heteroatoms. The topological polar surface area (TPSA) is 37.8 Å². The summed E-state index contributed by atoms with van der Waals surface area (Å²) in [5.74, 6) is 0.780. The van der Waals surface area contributed by atoms with Crippen LogP contribution >= 0.6 is 11.3 Å². The van der Waals surface area contributed by atoms with Gasteiger partial charge in [-0.05, 0) is 31.1 Å². The average Bonchev–Trinajstić information content (AvgIpc) is 2.73. The number of nitrogens with one attached hydrogen (secondary N) is 1. The van der Waals surface area contributed by atoms with E-state index in [1.807, 2.05) is 24.4 Å². The molecule has 1 aliphatic rings. The predicted octanol–water partition coefficient (Wildman–Crippen LogP) is 1.97. The molecular weight excluding hydrogens is 218 g/mol. The molecule has 0 unspecified atom stereocenters. The molecule has 2 aromatic rings. The fourth-order valence-corrected chi connectivity index (χ4v) is 2.68. The molecule has 16 heavy (non-hydrogen) atoms. The highest BCUT2D eigenvalue weighted by atomic mass is 32.1. The summed E-state index contributed by atoms with van der Waals surface area (Å²) in [7, 11) is 0. The minimum Gasteiger partial charge on any atom is -0.316 e. The van der Waals surface area contributed by atoms with E-state index in [0.29, 0.717) is 0 Å². The molecule has 0 aliphatic carbocycles. The van der Waals surface area contributed by atoms with Gasteiger partial charge in [0.2, 0.25) is 0 Å². The minimum absolute atomic E-state index is 0.780. The lowest BCUT2D eigenvalue weighted by Gasteiger charge is -2.25. The Bertz CT molecular complexity index is 462. The molecule has 1 fully saturated rings. The van der Waals surface area contributed by atoms with Gasteiger partial charge in [-0.3, -0.25) is 4.98 Å². The van der Waals surface area contributed by atoms with E-state index < -0.39 is 0 Å². The monoisotopic (exact) mass is 231 g/mol. The van der Waals surface area contributed by atoms with Crippen molar-refractivity contribution in [3.8, 4) is 11.4 Å². The number of thiazole rings is 1. The Morgan fingerprint density at radius 3 is 2.94 bits per heavy atom. The van der Waals surface area contributed by atoms with E-state index in [4.69, 9.17) is 0 Å². The van der Waals surface area contributed by atoms with E-state index in [-0.39, 0.29) is 0 Å². The van der Waals surface area contributed by atoms with E-state index in [1.54, 1.807) is 11.3 Å². The van der Waals surface area contributed by atoms with E-state index in [2.05, 4.69) is 20.7 Å². The van der Waals surface area contributed by atoms with E-state index in [9.17, 15) is 0 Å². The largest absolute Gasteiger partial charge is 0.316 e. The summed E-state index contributed by atoms with van der Waals surface area (Å²) in [5, 5.41) is 6.61. The third-order valence-electron chi connectivity index (χ3n) is 2.81. The van der Waals surface area contributed by atoms with Crippen LogP contribution in [0.5, 0.6) is 0 Å². The highest BCUT2D eigenvalue weighted by Gasteiger charge is 2.18. The van der Waals surface area contributed by atoms with Crippen LogP contribution in [0, 0.1) is 5.92 Å². The SMILES string of the molecule is c1ccc(-c2csc(CC3CNC3)n2)nc1. The fraction of sp³-hybridized carbons (Fsp3) is 0.333. The number of hydrogen-bond donors (Lipinski definition) is 1. The van der Waals surface area contributed by atoms with Crippen molar-refractivity contribution in [2.75, 3.05) is 13.1 Å². The van der Waals surface area contributed by atoms with Gasteiger partial charge in [0.25, 0.3) is 0 Å². The highest BCUT2D eigenvalue weighted by molar-refractivity contribution is 7.09. The molecule has 0 bridgehead atoms. The van der Waals surface area contributed by atoms with Crippen molar-refractivity contribution < 1.29 is 0 Å². The molecule has 0 saturated carbocycles. The van der Waals surface area contributed by atoms with Crippen molar-refractivity contribution in [2.45, 2.75) is 6.42 Å². The first-order chi connectivity index (χ1) is 7.92. The molecule has 2 aromatic heterocycles. The molecule has 3 heterocycles. The lowest BCUT2D eigenvalue weighted by Crippen LogP contribution is -2.43. The van der Waals surface area contributed by atoms with Gasteiger partial charge in [-0.25, -0.2) is 4.98 Å². The van der Waals surface area contributed by atoms with Crippen LogP contribution < -0.4 is 5.32 Å². The molecule has 1 aliphatic heterocycles. The number of nitrogens with zero attached hydrogens (tertiary/aromatic N) is 2. The van der Waals surface area contributed by atoms with Crippen LogP contribution in [0.2, 0.25) is 0 Å². The summed E-state index contributed by atoms with van der Waals surface area (Å²) in [5.41, 5.74) is 1.98. The number of hydrogen-bond acceptors (Lipinski definition) is 4. The smallest absolute Gasteiger partial charge is 0.0998 e. The molecule has 82 valence electrons. The standard InChI is InChI=1S/C12H13N3S/c1-2-4-14-10(3-1)11-8-16-12(15-11)5-9-6-13-7-9/h1-4,8-9,13H,5-7H2. The van der Waals surface area contributed by atoms with Gasteiger partial charge >= 0.3 is 0 Å². The quantitative estimate of drug-likeness (QED) is 0.877. The van der Waals surface area contributed by atoms with Crippen LogP contribution in [-0.4, -0.2) is 23.1 Å². The zero-order chi connectivity index (χ0) is 10.8. The molecule has 0 spiro atoms. The Balaban J connectivity index is 1.77. The van der Waals surface area contributed by atoms with Crippen LogP contribution in [0.15, 0.2) is 29.8 Å². The van der Waals surface area contributed by atoms with Gasteiger partial charge in [-0.1, -0.05) is 6.07 Å². The summed E-state index contributed by atoms with van der Waals surface area (Å²) in [6, 6.07) is 5.93. The maximum absolute atomic E-state index is 4.63. The maximum Gasteiger partial charge on any atom is 0.0998 e. The van der Waals surface area contributed by atoms with Gasteiger partial charge in [0.15, 0.2) is 0 Å². The number of rotatable bonds is 3. The van der Waals surface area contributed by atoms with Gasteiger partial charge in [0, 0.05) is 18.0 Å². The molecule has 3 nitrogen and oxygen atoms in total. The van der Waals surface area contributed by atoms with Gasteiger partial charge in [0.05, 0.1) is 16.4 Å². The third kappa shape index (κ3) is 1.99. The summed E-state index contributed by atoms with van der Waals surface area (Å²) in [4.78, 5) is 8.94. The Morgan fingerprint density at radius 2 is 2.25 bits per heavy atom. The van der Waals surface area contributed by atoms with E-state index in [1.165, 1.54) is 5.01 Å². The van der Waals surface area contributed by atoms with Crippen LogP contribution in [0.1, 0.15) is 5.01 Å².